The van der Waals surface area contributed by atoms with Crippen LogP contribution in [0.3, 0.4) is 0 Å². The molecule has 2 aromatic rings. The molecule has 92 valence electrons. The van der Waals surface area contributed by atoms with Crippen LogP contribution in [0.15, 0.2) is 42.7 Å². The van der Waals surface area contributed by atoms with E-state index in [0.29, 0.717) is 0 Å². The highest BCUT2D eigenvalue weighted by molar-refractivity contribution is 6.00. The van der Waals surface area contributed by atoms with Crippen molar-refractivity contribution >= 4 is 11.6 Å². The van der Waals surface area contributed by atoms with E-state index in [0.717, 1.165) is 24.2 Å². The lowest BCUT2D eigenvalue weighted by Crippen LogP contribution is -2.37. The molecule has 0 bridgehead atoms. The molecule has 1 saturated carbocycles. The van der Waals surface area contributed by atoms with Gasteiger partial charge < -0.3 is 11.1 Å². The molecule has 0 saturated heterocycles. The predicted octanol–water partition coefficient (Wildman–Crippen LogP) is 1.30. The second kappa shape index (κ2) is 3.96. The van der Waals surface area contributed by atoms with Gasteiger partial charge in [-0.1, -0.05) is 0 Å². The number of anilines is 1. The van der Waals surface area contributed by atoms with Crippen LogP contribution in [-0.4, -0.2) is 21.2 Å². The van der Waals surface area contributed by atoms with Gasteiger partial charge in [-0.05, 0) is 43.2 Å². The molecule has 1 heterocycles. The number of nitrogens with one attached hydrogen (secondary N) is 1. The molecule has 1 fully saturated rings. The highest BCUT2D eigenvalue weighted by Gasteiger charge is 2.45. The van der Waals surface area contributed by atoms with Gasteiger partial charge in [0.05, 0.1) is 11.2 Å². The van der Waals surface area contributed by atoms with Crippen LogP contribution in [0, 0.1) is 0 Å². The predicted molar refractivity (Wildman–Crippen MR) is 68.3 cm³/mol. The zero-order chi connectivity index (χ0) is 12.6. The number of nitrogens with zero attached hydrogens (tertiary/aromatic N) is 2. The maximum atomic E-state index is 11.8. The minimum atomic E-state index is -0.638. The van der Waals surface area contributed by atoms with E-state index >= 15 is 0 Å². The van der Waals surface area contributed by atoms with Gasteiger partial charge in [0.1, 0.15) is 0 Å². The quantitative estimate of drug-likeness (QED) is 0.852. The molecule has 3 rings (SSSR count). The van der Waals surface area contributed by atoms with Crippen molar-refractivity contribution in [3.05, 3.63) is 42.7 Å². The standard InChI is InChI=1S/C13H14N4O/c14-13(6-7-13)12(18)16-10-2-4-11(5-3-10)17-9-1-8-15-17/h1-5,8-9H,6-7,14H2,(H,16,18). The summed E-state index contributed by atoms with van der Waals surface area (Å²) in [5.41, 5.74) is 6.89. The number of hydrogen-bond donors (Lipinski definition) is 2. The molecule has 18 heavy (non-hydrogen) atoms. The van der Waals surface area contributed by atoms with E-state index in [-0.39, 0.29) is 5.91 Å². The maximum absolute atomic E-state index is 11.8. The SMILES string of the molecule is NC1(C(=O)Nc2ccc(-n3cccn3)cc2)CC1. The van der Waals surface area contributed by atoms with Crippen LogP contribution >= 0.6 is 0 Å². The molecule has 1 aromatic carbocycles. The molecule has 1 aliphatic carbocycles. The number of amides is 1. The molecule has 1 aromatic heterocycles. The van der Waals surface area contributed by atoms with E-state index in [1.807, 2.05) is 36.5 Å². The van der Waals surface area contributed by atoms with E-state index in [9.17, 15) is 4.79 Å². The summed E-state index contributed by atoms with van der Waals surface area (Å²) in [5.74, 6) is -0.102. The van der Waals surface area contributed by atoms with Crippen molar-refractivity contribution in [2.24, 2.45) is 5.73 Å². The van der Waals surface area contributed by atoms with E-state index in [1.54, 1.807) is 10.9 Å². The monoisotopic (exact) mass is 242 g/mol. The van der Waals surface area contributed by atoms with Crippen LogP contribution < -0.4 is 11.1 Å². The lowest BCUT2D eigenvalue weighted by molar-refractivity contribution is -0.118. The molecule has 5 nitrogen and oxygen atoms in total. The Morgan fingerprint density at radius 1 is 1.33 bits per heavy atom. The molecule has 1 amide bonds. The van der Waals surface area contributed by atoms with Gasteiger partial charge >= 0.3 is 0 Å². The van der Waals surface area contributed by atoms with Crippen molar-refractivity contribution in [1.29, 1.82) is 0 Å². The van der Waals surface area contributed by atoms with Crippen molar-refractivity contribution in [2.45, 2.75) is 18.4 Å². The first kappa shape index (κ1) is 11.0. The smallest absolute Gasteiger partial charge is 0.244 e. The number of carbonyl (C=O) groups excluding carboxylic acids is 1. The van der Waals surface area contributed by atoms with Crippen molar-refractivity contribution in [3.63, 3.8) is 0 Å². The van der Waals surface area contributed by atoms with Gasteiger partial charge in [0.15, 0.2) is 0 Å². The third kappa shape index (κ3) is 2.00. The average molecular weight is 242 g/mol. The molecule has 0 atom stereocenters. The van der Waals surface area contributed by atoms with Crippen molar-refractivity contribution in [2.75, 3.05) is 5.32 Å². The summed E-state index contributed by atoms with van der Waals surface area (Å²) in [6.45, 7) is 0. The fourth-order valence-corrected chi connectivity index (χ4v) is 1.74. The first-order valence-electron chi connectivity index (χ1n) is 5.88. The second-order valence-corrected chi connectivity index (χ2v) is 4.61. The summed E-state index contributed by atoms with van der Waals surface area (Å²) in [6.07, 6.45) is 5.13. The zero-order valence-corrected chi connectivity index (χ0v) is 9.84. The summed E-state index contributed by atoms with van der Waals surface area (Å²) in [7, 11) is 0. The first-order valence-corrected chi connectivity index (χ1v) is 5.88. The number of hydrogen-bond acceptors (Lipinski definition) is 3. The Balaban J connectivity index is 1.73. The highest BCUT2D eigenvalue weighted by atomic mass is 16.2. The van der Waals surface area contributed by atoms with Crippen LogP contribution in [0.25, 0.3) is 5.69 Å². The number of aromatic nitrogens is 2. The molecule has 0 spiro atoms. The van der Waals surface area contributed by atoms with Crippen LogP contribution in [0.2, 0.25) is 0 Å². The molecule has 0 unspecified atom stereocenters. The van der Waals surface area contributed by atoms with Gasteiger partial charge in [0, 0.05) is 18.1 Å². The Hall–Kier alpha value is -2.14. The summed E-state index contributed by atoms with van der Waals surface area (Å²) >= 11 is 0. The van der Waals surface area contributed by atoms with Crippen molar-refractivity contribution in [1.82, 2.24) is 9.78 Å². The normalized spacial score (nSPS) is 16.3. The number of benzene rings is 1. The minimum absolute atomic E-state index is 0.102. The number of rotatable bonds is 3. The number of carbonyl (C=O) groups is 1. The molecule has 0 aliphatic heterocycles. The summed E-state index contributed by atoms with van der Waals surface area (Å²) in [5, 5.41) is 6.96. The molecule has 3 N–H and O–H groups in total. The lowest BCUT2D eigenvalue weighted by atomic mass is 10.2. The van der Waals surface area contributed by atoms with Crippen LogP contribution in [0.5, 0.6) is 0 Å². The fraction of sp³-hybridized carbons (Fsp3) is 0.231. The van der Waals surface area contributed by atoms with Gasteiger partial charge in [-0.15, -0.1) is 0 Å². The fourth-order valence-electron chi connectivity index (χ4n) is 1.74. The van der Waals surface area contributed by atoms with Crippen LogP contribution in [0.1, 0.15) is 12.8 Å². The van der Waals surface area contributed by atoms with Crippen LogP contribution in [-0.2, 0) is 4.79 Å². The van der Waals surface area contributed by atoms with Gasteiger partial charge in [-0.2, -0.15) is 5.10 Å². The summed E-state index contributed by atoms with van der Waals surface area (Å²) in [6, 6.07) is 9.36. The van der Waals surface area contributed by atoms with E-state index < -0.39 is 5.54 Å². The molecular weight excluding hydrogens is 228 g/mol. The molecule has 1 aliphatic rings. The largest absolute Gasteiger partial charge is 0.324 e. The molecular formula is C13H14N4O. The third-order valence-electron chi connectivity index (χ3n) is 3.14. The molecule has 5 heteroatoms. The lowest BCUT2D eigenvalue weighted by Gasteiger charge is -2.10. The second-order valence-electron chi connectivity index (χ2n) is 4.61. The topological polar surface area (TPSA) is 72.9 Å². The van der Waals surface area contributed by atoms with E-state index in [4.69, 9.17) is 5.73 Å². The van der Waals surface area contributed by atoms with Gasteiger partial charge in [0.2, 0.25) is 5.91 Å². The van der Waals surface area contributed by atoms with E-state index in [2.05, 4.69) is 10.4 Å². The van der Waals surface area contributed by atoms with Gasteiger partial charge in [-0.25, -0.2) is 4.68 Å². The third-order valence-corrected chi connectivity index (χ3v) is 3.14. The first-order chi connectivity index (χ1) is 8.67. The van der Waals surface area contributed by atoms with E-state index in [1.165, 1.54) is 0 Å². The van der Waals surface area contributed by atoms with Gasteiger partial charge in [-0.3, -0.25) is 4.79 Å². The van der Waals surface area contributed by atoms with Crippen molar-refractivity contribution in [3.8, 4) is 5.69 Å². The maximum Gasteiger partial charge on any atom is 0.244 e. The van der Waals surface area contributed by atoms with Crippen molar-refractivity contribution < 1.29 is 4.79 Å². The summed E-state index contributed by atoms with van der Waals surface area (Å²) < 4.78 is 1.76. The Kier molecular flexibility index (Phi) is 2.41. The Morgan fingerprint density at radius 2 is 2.06 bits per heavy atom. The van der Waals surface area contributed by atoms with Gasteiger partial charge in [0.25, 0.3) is 0 Å². The average Bonchev–Trinajstić information content (AvgIpc) is 2.94. The number of nitrogens with two attached hydrogens (primary N) is 1. The summed E-state index contributed by atoms with van der Waals surface area (Å²) in [4.78, 5) is 11.8. The Labute approximate surface area is 105 Å². The molecule has 0 radical (unpaired) electrons. The van der Waals surface area contributed by atoms with Crippen LogP contribution in [0.4, 0.5) is 5.69 Å². The highest BCUT2D eigenvalue weighted by Crippen LogP contribution is 2.33. The Morgan fingerprint density at radius 3 is 2.61 bits per heavy atom. The minimum Gasteiger partial charge on any atom is -0.324 e. The Bertz CT molecular complexity index is 555. The zero-order valence-electron chi connectivity index (χ0n) is 9.84.